The monoisotopic (exact) mass is 368 g/mol. The first-order chi connectivity index (χ1) is 12.3. The molecule has 26 heavy (non-hydrogen) atoms. The SMILES string of the molecule is C.C=CCCCCCCCCCC.CCCCCCCCCCCCC. The summed E-state index contributed by atoms with van der Waals surface area (Å²) in [5.41, 5.74) is 0. The van der Waals surface area contributed by atoms with Crippen molar-refractivity contribution < 1.29 is 0 Å². The lowest BCUT2D eigenvalue weighted by molar-refractivity contribution is 0.554. The van der Waals surface area contributed by atoms with Crippen molar-refractivity contribution in [3.63, 3.8) is 0 Å². The summed E-state index contributed by atoms with van der Waals surface area (Å²) in [7, 11) is 0. The Balaban J connectivity index is -0.000000393. The molecule has 0 aromatic carbocycles. The number of allylic oxidation sites excluding steroid dienone is 1. The van der Waals surface area contributed by atoms with E-state index in [4.69, 9.17) is 0 Å². The Morgan fingerprint density at radius 2 is 0.654 bits per heavy atom. The zero-order valence-corrected chi connectivity index (χ0v) is 18.4. The van der Waals surface area contributed by atoms with Crippen molar-refractivity contribution in [2.45, 2.75) is 157 Å². The quantitative estimate of drug-likeness (QED) is 0.157. The minimum absolute atomic E-state index is 0. The lowest BCUT2D eigenvalue weighted by Gasteiger charge is -2.00. The number of hydrogen-bond donors (Lipinski definition) is 0. The Morgan fingerprint density at radius 3 is 0.885 bits per heavy atom. The van der Waals surface area contributed by atoms with Gasteiger partial charge < -0.3 is 0 Å². The van der Waals surface area contributed by atoms with Gasteiger partial charge in [0.1, 0.15) is 0 Å². The van der Waals surface area contributed by atoms with Crippen molar-refractivity contribution in [1.29, 1.82) is 0 Å². The molecule has 160 valence electrons. The molecule has 0 aliphatic rings. The lowest BCUT2D eigenvalue weighted by atomic mass is 10.1. The minimum atomic E-state index is 0. The maximum absolute atomic E-state index is 3.72. The molecule has 0 saturated carbocycles. The van der Waals surface area contributed by atoms with Crippen LogP contribution in [0.15, 0.2) is 12.7 Å². The van der Waals surface area contributed by atoms with E-state index in [0.717, 1.165) is 0 Å². The summed E-state index contributed by atoms with van der Waals surface area (Å²) in [6.07, 6.45) is 30.4. The molecule has 0 saturated heterocycles. The largest absolute Gasteiger partial charge is 0.103 e. The molecule has 0 nitrogen and oxygen atoms in total. The predicted molar refractivity (Wildman–Crippen MR) is 126 cm³/mol. The fourth-order valence-electron chi connectivity index (χ4n) is 3.16. The molecule has 0 aromatic heterocycles. The molecule has 0 atom stereocenters. The van der Waals surface area contributed by atoms with Crippen LogP contribution >= 0.6 is 0 Å². The molecule has 0 radical (unpaired) electrons. The highest BCUT2D eigenvalue weighted by Crippen LogP contribution is 2.11. The molecule has 0 heterocycles. The van der Waals surface area contributed by atoms with Gasteiger partial charge in [0.25, 0.3) is 0 Å². The maximum atomic E-state index is 3.72. The zero-order chi connectivity index (χ0) is 18.8. The van der Waals surface area contributed by atoms with E-state index in [0.29, 0.717) is 0 Å². The molecule has 0 aliphatic heterocycles. The van der Waals surface area contributed by atoms with Crippen molar-refractivity contribution in [3.8, 4) is 0 Å². The van der Waals surface area contributed by atoms with E-state index in [2.05, 4.69) is 27.4 Å². The number of rotatable bonds is 19. The maximum Gasteiger partial charge on any atom is -0.0353 e. The van der Waals surface area contributed by atoms with Gasteiger partial charge in [0.2, 0.25) is 0 Å². The topological polar surface area (TPSA) is 0 Å². The van der Waals surface area contributed by atoms with Gasteiger partial charge in [0.15, 0.2) is 0 Å². The average molecular weight is 369 g/mol. The first-order valence-electron chi connectivity index (χ1n) is 11.9. The third-order valence-electron chi connectivity index (χ3n) is 4.97. The summed E-state index contributed by atoms with van der Waals surface area (Å²) in [5, 5.41) is 0. The van der Waals surface area contributed by atoms with Crippen LogP contribution in [0.1, 0.15) is 157 Å². The minimum Gasteiger partial charge on any atom is -0.103 e. The van der Waals surface area contributed by atoms with Crippen LogP contribution in [0.2, 0.25) is 0 Å². The molecule has 0 heteroatoms. The van der Waals surface area contributed by atoms with E-state index in [1.165, 1.54) is 128 Å². The van der Waals surface area contributed by atoms with Crippen LogP contribution in [0.25, 0.3) is 0 Å². The third kappa shape index (κ3) is 35.0. The molecule has 0 aliphatic carbocycles. The summed E-state index contributed by atoms with van der Waals surface area (Å²) in [6.45, 7) is 10.6. The van der Waals surface area contributed by atoms with E-state index in [9.17, 15) is 0 Å². The van der Waals surface area contributed by atoms with E-state index in [1.54, 1.807) is 0 Å². The van der Waals surface area contributed by atoms with Crippen molar-refractivity contribution in [3.05, 3.63) is 12.7 Å². The van der Waals surface area contributed by atoms with Crippen LogP contribution in [0.5, 0.6) is 0 Å². The second-order valence-electron chi connectivity index (χ2n) is 7.73. The predicted octanol–water partition coefficient (Wildman–Crippen LogP) is 10.7. The molecule has 0 unspecified atom stereocenters. The molecular formula is C26H56. The second-order valence-corrected chi connectivity index (χ2v) is 7.73. The van der Waals surface area contributed by atoms with Gasteiger partial charge in [-0.2, -0.15) is 0 Å². The normalized spacial score (nSPS) is 9.96. The highest BCUT2D eigenvalue weighted by molar-refractivity contribution is 4.65. The van der Waals surface area contributed by atoms with Crippen LogP contribution in [0.3, 0.4) is 0 Å². The summed E-state index contributed by atoms with van der Waals surface area (Å²) in [5.74, 6) is 0. The van der Waals surface area contributed by atoms with Gasteiger partial charge in [-0.15, -0.1) is 6.58 Å². The highest BCUT2D eigenvalue weighted by atomic mass is 14.0. The van der Waals surface area contributed by atoms with Crippen molar-refractivity contribution >= 4 is 0 Å². The number of hydrogen-bond acceptors (Lipinski definition) is 0. The van der Waals surface area contributed by atoms with Gasteiger partial charge in [-0.25, -0.2) is 0 Å². The summed E-state index contributed by atoms with van der Waals surface area (Å²) < 4.78 is 0. The summed E-state index contributed by atoms with van der Waals surface area (Å²) >= 11 is 0. The fraction of sp³-hybridized carbons (Fsp3) is 0.923. The molecule has 0 bridgehead atoms. The average Bonchev–Trinajstić information content (AvgIpc) is 2.63. The van der Waals surface area contributed by atoms with Crippen LogP contribution in [-0.2, 0) is 0 Å². The Hall–Kier alpha value is -0.260. The Morgan fingerprint density at radius 1 is 0.423 bits per heavy atom. The Labute approximate surface area is 169 Å². The van der Waals surface area contributed by atoms with Crippen LogP contribution < -0.4 is 0 Å². The molecule has 0 N–H and O–H groups in total. The number of unbranched alkanes of at least 4 members (excludes halogenated alkanes) is 18. The third-order valence-corrected chi connectivity index (χ3v) is 4.97. The van der Waals surface area contributed by atoms with Crippen molar-refractivity contribution in [1.82, 2.24) is 0 Å². The molecule has 0 fully saturated rings. The first-order valence-corrected chi connectivity index (χ1v) is 11.9. The fourth-order valence-corrected chi connectivity index (χ4v) is 3.16. The smallest absolute Gasteiger partial charge is 0.0353 e. The van der Waals surface area contributed by atoms with Gasteiger partial charge in [-0.1, -0.05) is 150 Å². The van der Waals surface area contributed by atoms with Crippen molar-refractivity contribution in [2.75, 3.05) is 0 Å². The van der Waals surface area contributed by atoms with Gasteiger partial charge in [-0.05, 0) is 12.8 Å². The van der Waals surface area contributed by atoms with E-state index in [-0.39, 0.29) is 7.43 Å². The van der Waals surface area contributed by atoms with E-state index in [1.807, 2.05) is 6.08 Å². The lowest BCUT2D eigenvalue weighted by Crippen LogP contribution is -1.80. The van der Waals surface area contributed by atoms with E-state index >= 15 is 0 Å². The molecule has 0 rings (SSSR count). The summed E-state index contributed by atoms with van der Waals surface area (Å²) in [4.78, 5) is 0. The van der Waals surface area contributed by atoms with Crippen LogP contribution in [0, 0.1) is 0 Å². The van der Waals surface area contributed by atoms with E-state index < -0.39 is 0 Å². The Kier molecular flexibility index (Phi) is 38.0. The van der Waals surface area contributed by atoms with Gasteiger partial charge >= 0.3 is 0 Å². The zero-order valence-electron chi connectivity index (χ0n) is 18.4. The molecule has 0 spiro atoms. The summed E-state index contributed by atoms with van der Waals surface area (Å²) in [6, 6.07) is 0. The Bertz CT molecular complexity index is 196. The molecule has 0 aromatic rings. The molecule has 0 amide bonds. The van der Waals surface area contributed by atoms with Gasteiger partial charge in [0, 0.05) is 0 Å². The first kappa shape index (κ1) is 30.5. The van der Waals surface area contributed by atoms with Crippen LogP contribution in [-0.4, -0.2) is 0 Å². The standard InChI is InChI=1S/C13H28.C12H24.CH4/c1-3-5-7-9-11-13-12-10-8-6-4-2;1-3-5-7-9-11-12-10-8-6-4-2;/h3-13H2,1-2H3;3H,1,4-12H2,2H3;1H4. The molecular weight excluding hydrogens is 312 g/mol. The highest BCUT2D eigenvalue weighted by Gasteiger charge is 1.91. The van der Waals surface area contributed by atoms with Gasteiger partial charge in [0.05, 0.1) is 0 Å². The van der Waals surface area contributed by atoms with Crippen LogP contribution in [0.4, 0.5) is 0 Å². The van der Waals surface area contributed by atoms with Gasteiger partial charge in [-0.3, -0.25) is 0 Å². The second kappa shape index (κ2) is 32.4. The van der Waals surface area contributed by atoms with Crippen molar-refractivity contribution in [2.24, 2.45) is 0 Å².